The highest BCUT2D eigenvalue weighted by molar-refractivity contribution is 9.10. The molecule has 0 atom stereocenters. The first-order valence-electron chi connectivity index (χ1n) is 8.52. The summed E-state index contributed by atoms with van der Waals surface area (Å²) in [5, 5.41) is 5.04. The molecule has 0 saturated heterocycles. The van der Waals surface area contributed by atoms with Crippen molar-refractivity contribution in [2.75, 3.05) is 7.11 Å². The maximum Gasteiger partial charge on any atom is 0.275 e. The van der Waals surface area contributed by atoms with Crippen LogP contribution in [0, 0.1) is 0 Å². The van der Waals surface area contributed by atoms with E-state index in [1.54, 1.807) is 24.4 Å². The van der Waals surface area contributed by atoms with Gasteiger partial charge in [0.25, 0.3) is 5.91 Å². The number of methoxy groups -OCH3 is 1. The number of carbonyl (C=O) groups is 2. The highest BCUT2D eigenvalue weighted by atomic mass is 79.9. The Kier molecular flexibility index (Phi) is 6.10. The molecule has 0 saturated carbocycles. The van der Waals surface area contributed by atoms with Gasteiger partial charge in [-0.1, -0.05) is 34.1 Å². The third kappa shape index (κ3) is 4.40. The Morgan fingerprint density at radius 3 is 2.82 bits per heavy atom. The van der Waals surface area contributed by atoms with Gasteiger partial charge < -0.3 is 15.0 Å². The highest BCUT2D eigenvalue weighted by Crippen LogP contribution is 2.23. The summed E-state index contributed by atoms with van der Waals surface area (Å²) in [7, 11) is 1.50. The van der Waals surface area contributed by atoms with Gasteiger partial charge in [-0.2, -0.15) is 5.10 Å². The van der Waals surface area contributed by atoms with Crippen LogP contribution in [-0.2, 0) is 11.3 Å². The van der Waals surface area contributed by atoms with Crippen molar-refractivity contribution in [2.24, 2.45) is 10.8 Å². The van der Waals surface area contributed by atoms with Gasteiger partial charge >= 0.3 is 0 Å². The lowest BCUT2D eigenvalue weighted by molar-refractivity contribution is -0.118. The van der Waals surface area contributed by atoms with E-state index in [1.807, 2.05) is 35.0 Å². The highest BCUT2D eigenvalue weighted by Gasteiger charge is 2.12. The van der Waals surface area contributed by atoms with Gasteiger partial charge in [0.15, 0.2) is 0 Å². The van der Waals surface area contributed by atoms with Crippen LogP contribution >= 0.6 is 15.9 Å². The quantitative estimate of drug-likeness (QED) is 0.434. The number of primary amides is 1. The fourth-order valence-electron chi connectivity index (χ4n) is 2.87. The van der Waals surface area contributed by atoms with Crippen molar-refractivity contribution >= 4 is 44.9 Å². The van der Waals surface area contributed by atoms with Crippen LogP contribution in [0.4, 0.5) is 0 Å². The standard InChI is InChI=1S/C20H19BrN4O3/c1-28-18-7-6-14(21)10-16(18)20(27)24-23-11-13-12-25(9-8-19(22)26)17-5-3-2-4-15(13)17/h2-7,10-12H,8-9H2,1H3,(H2,22,26)(H,24,27)/b23-11-. The zero-order chi connectivity index (χ0) is 20.1. The van der Waals surface area contributed by atoms with E-state index >= 15 is 0 Å². The number of hydrogen-bond donors (Lipinski definition) is 2. The van der Waals surface area contributed by atoms with Crippen LogP contribution in [0.15, 0.2) is 58.2 Å². The summed E-state index contributed by atoms with van der Waals surface area (Å²) in [5.41, 5.74) is 9.93. The summed E-state index contributed by atoms with van der Waals surface area (Å²) in [6.45, 7) is 0.477. The van der Waals surface area contributed by atoms with Crippen molar-refractivity contribution in [1.29, 1.82) is 0 Å². The summed E-state index contributed by atoms with van der Waals surface area (Å²) < 4.78 is 7.93. The number of carbonyl (C=O) groups excluding carboxylic acids is 2. The number of benzene rings is 2. The summed E-state index contributed by atoms with van der Waals surface area (Å²) >= 11 is 3.34. The number of fused-ring (bicyclic) bond motifs is 1. The molecular weight excluding hydrogens is 424 g/mol. The Hall–Kier alpha value is -3.13. The molecule has 3 aromatic rings. The zero-order valence-electron chi connectivity index (χ0n) is 15.2. The predicted octanol–water partition coefficient (Wildman–Crippen LogP) is 3.05. The average molecular weight is 443 g/mol. The minimum absolute atomic E-state index is 0.245. The fraction of sp³-hybridized carbons (Fsp3) is 0.150. The fourth-order valence-corrected chi connectivity index (χ4v) is 3.23. The molecule has 144 valence electrons. The summed E-state index contributed by atoms with van der Waals surface area (Å²) in [6.07, 6.45) is 3.70. The number of nitrogens with one attached hydrogen (secondary N) is 1. The van der Waals surface area contributed by atoms with Gasteiger partial charge in [-0.15, -0.1) is 0 Å². The molecule has 3 rings (SSSR count). The van der Waals surface area contributed by atoms with Crippen LogP contribution in [0.5, 0.6) is 5.75 Å². The maximum atomic E-state index is 12.4. The maximum absolute atomic E-state index is 12.4. The van der Waals surface area contributed by atoms with E-state index in [1.165, 1.54) is 7.11 Å². The Balaban J connectivity index is 1.81. The molecule has 3 N–H and O–H groups in total. The lowest BCUT2D eigenvalue weighted by Gasteiger charge is -2.07. The van der Waals surface area contributed by atoms with Crippen LogP contribution in [0.3, 0.4) is 0 Å². The van der Waals surface area contributed by atoms with Crippen LogP contribution in [0.2, 0.25) is 0 Å². The SMILES string of the molecule is COc1ccc(Br)cc1C(=O)N/N=C\c1cn(CCC(N)=O)c2ccccc12. The predicted molar refractivity (Wildman–Crippen MR) is 112 cm³/mol. The topological polar surface area (TPSA) is 98.7 Å². The third-order valence-corrected chi connectivity index (χ3v) is 4.69. The Bertz CT molecular complexity index is 1060. The minimum atomic E-state index is -0.383. The number of halogens is 1. The Morgan fingerprint density at radius 2 is 2.07 bits per heavy atom. The van der Waals surface area contributed by atoms with Crippen molar-refractivity contribution in [3.05, 3.63) is 64.3 Å². The van der Waals surface area contributed by atoms with Crippen molar-refractivity contribution < 1.29 is 14.3 Å². The monoisotopic (exact) mass is 442 g/mol. The van der Waals surface area contributed by atoms with Crippen LogP contribution in [0.1, 0.15) is 22.3 Å². The molecule has 0 fully saturated rings. The molecule has 0 spiro atoms. The van der Waals surface area contributed by atoms with Crippen molar-refractivity contribution in [3.8, 4) is 5.75 Å². The van der Waals surface area contributed by atoms with Gasteiger partial charge in [-0.05, 0) is 24.3 Å². The van der Waals surface area contributed by atoms with Crippen LogP contribution in [0.25, 0.3) is 10.9 Å². The number of rotatable bonds is 7. The number of para-hydroxylation sites is 1. The van der Waals surface area contributed by atoms with Crippen molar-refractivity contribution in [1.82, 2.24) is 9.99 Å². The number of hydrogen-bond acceptors (Lipinski definition) is 4. The average Bonchev–Trinajstić information content (AvgIpc) is 3.04. The molecule has 8 heteroatoms. The molecule has 1 aromatic heterocycles. The molecule has 28 heavy (non-hydrogen) atoms. The van der Waals surface area contributed by atoms with Gasteiger partial charge in [-0.3, -0.25) is 9.59 Å². The molecule has 0 radical (unpaired) electrons. The second-order valence-electron chi connectivity index (χ2n) is 6.06. The van der Waals surface area contributed by atoms with Crippen LogP contribution in [-0.4, -0.2) is 29.7 Å². The number of amides is 2. The molecule has 0 aliphatic heterocycles. The normalized spacial score (nSPS) is 11.1. The van der Waals surface area contributed by atoms with E-state index in [2.05, 4.69) is 26.5 Å². The summed E-state index contributed by atoms with van der Waals surface area (Å²) in [6, 6.07) is 12.9. The van der Waals surface area contributed by atoms with E-state index in [4.69, 9.17) is 10.5 Å². The van der Waals surface area contributed by atoms with Crippen molar-refractivity contribution in [2.45, 2.75) is 13.0 Å². The van der Waals surface area contributed by atoms with E-state index in [9.17, 15) is 9.59 Å². The van der Waals surface area contributed by atoms with Gasteiger partial charge in [0, 0.05) is 40.1 Å². The molecule has 2 amide bonds. The Morgan fingerprint density at radius 1 is 1.29 bits per heavy atom. The summed E-state index contributed by atoms with van der Waals surface area (Å²) in [5.74, 6) is -0.283. The van der Waals surface area contributed by atoms with E-state index in [-0.39, 0.29) is 18.2 Å². The first kappa shape index (κ1) is 19.6. The lowest BCUT2D eigenvalue weighted by Crippen LogP contribution is -2.18. The van der Waals surface area contributed by atoms with Crippen molar-refractivity contribution in [3.63, 3.8) is 0 Å². The van der Waals surface area contributed by atoms with E-state index in [0.29, 0.717) is 17.9 Å². The molecule has 0 unspecified atom stereocenters. The minimum Gasteiger partial charge on any atom is -0.496 e. The summed E-state index contributed by atoms with van der Waals surface area (Å²) in [4.78, 5) is 23.5. The number of aryl methyl sites for hydroxylation is 1. The largest absolute Gasteiger partial charge is 0.496 e. The second-order valence-corrected chi connectivity index (χ2v) is 6.97. The second kappa shape index (κ2) is 8.71. The van der Waals surface area contributed by atoms with Gasteiger partial charge in [0.05, 0.1) is 18.9 Å². The molecule has 0 aliphatic rings. The molecule has 0 aliphatic carbocycles. The smallest absolute Gasteiger partial charge is 0.275 e. The first-order valence-corrected chi connectivity index (χ1v) is 9.32. The van der Waals surface area contributed by atoms with E-state index < -0.39 is 0 Å². The number of nitrogens with zero attached hydrogens (tertiary/aromatic N) is 2. The lowest BCUT2D eigenvalue weighted by atomic mass is 10.2. The molecule has 7 nitrogen and oxygen atoms in total. The van der Waals surface area contributed by atoms with Gasteiger partial charge in [0.1, 0.15) is 5.75 Å². The van der Waals surface area contributed by atoms with E-state index in [0.717, 1.165) is 20.9 Å². The number of hydrazone groups is 1. The molecular formula is C20H19BrN4O3. The van der Waals surface area contributed by atoms with Gasteiger partial charge in [0.2, 0.25) is 5.91 Å². The Labute approximate surface area is 170 Å². The molecule has 1 heterocycles. The molecule has 2 aromatic carbocycles. The van der Waals surface area contributed by atoms with Crippen LogP contribution < -0.4 is 15.9 Å². The van der Waals surface area contributed by atoms with Gasteiger partial charge in [-0.25, -0.2) is 5.43 Å². The first-order chi connectivity index (χ1) is 13.5. The third-order valence-electron chi connectivity index (χ3n) is 4.19. The number of ether oxygens (including phenoxy) is 1. The number of nitrogens with two attached hydrogens (primary N) is 1. The number of aromatic nitrogens is 1. The molecule has 0 bridgehead atoms. The zero-order valence-corrected chi connectivity index (χ0v) is 16.8.